The largest absolute Gasteiger partial charge is 0.497 e. The van der Waals surface area contributed by atoms with Crippen molar-refractivity contribution in [3.8, 4) is 46.0 Å². The Morgan fingerprint density at radius 1 is 0.329 bits per heavy atom. The number of nitrogens with zero attached hydrogens (tertiary/aromatic N) is 4. The molecule has 0 spiro atoms. The summed E-state index contributed by atoms with van der Waals surface area (Å²) in [5, 5.41) is 50.6. The third-order valence-corrected chi connectivity index (χ3v) is 25.0. The van der Waals surface area contributed by atoms with Crippen molar-refractivity contribution in [2.45, 2.75) is 96.8 Å². The summed E-state index contributed by atoms with van der Waals surface area (Å²) in [5.74, 6) is 0.857. The number of aryl methyl sites for hydroxylation is 5. The molecular weight excluding hydrogens is 1950 g/mol. The van der Waals surface area contributed by atoms with Gasteiger partial charge in [-0.2, -0.15) is 26.3 Å². The standard InChI is InChI=1S/C27H25ClF4N2O4.C27H26ClF3N2O4.C27H29ClN2O4.C26H26ClFN2O4/c1-15-9-16-5-6-34(24(16)14-22(15)27(30,31)32)26(36)25(21-4-3-17(28)10-23(21)29)33-18-11-19(37-2)13-20(12-18)38-8-7-35;1-16-11-18-7-8-33(24(18)15-23(16)27(29,30)31)26(35)25(17-3-5-19(28)6-4-17)32-20-12-21(36-2)14-22(13-20)37-10-9-34;1-17-12-18(2)24-8-9-30(25(24)13-17)27(32)26(19-4-6-20(28)7-5-19)29-21-14-22(33-3)16-23(15-21)34-11-10-31;1-16-3-4-17-7-8-30(24(17)11-16)26(32)25(22-6-5-18(27)12-23(22)28)29-19-13-20(33-2)15-21(14-19)34-10-9-31/h3-4,9-14,25,33,35H,5-8H2,1-2H3;3-6,11-15,25,32,34H,7-10H2,1-2H3;4-7,12-16,26,29,31H,8-11H2,1-3H3;3-6,11-15,25,29,31H,7-10H2,1-2H3. The molecule has 12 aromatic rings. The molecule has 0 bridgehead atoms. The van der Waals surface area contributed by atoms with Crippen LogP contribution in [0.25, 0.3) is 0 Å². The van der Waals surface area contributed by atoms with Crippen LogP contribution < -0.4 is 78.8 Å². The minimum absolute atomic E-state index is 0.00625. The number of anilines is 8. The van der Waals surface area contributed by atoms with Crippen LogP contribution in [0.3, 0.4) is 0 Å². The van der Waals surface area contributed by atoms with Crippen molar-refractivity contribution in [3.63, 3.8) is 0 Å². The molecule has 4 unspecified atom stereocenters. The van der Waals surface area contributed by atoms with Crippen molar-refractivity contribution >= 4 is 116 Å². The van der Waals surface area contributed by atoms with Gasteiger partial charge in [-0.15, -0.1) is 0 Å². The Balaban J connectivity index is 0.000000160. The van der Waals surface area contributed by atoms with Gasteiger partial charge < -0.3 is 99.2 Å². The zero-order valence-electron chi connectivity index (χ0n) is 79.3. The summed E-state index contributed by atoms with van der Waals surface area (Å²) in [6.45, 7) is 10.1. The summed E-state index contributed by atoms with van der Waals surface area (Å²) < 4.78 is 155. The average Bonchev–Trinajstić information content (AvgIpc) is 1.79. The maximum absolute atomic E-state index is 15.1. The molecule has 16 rings (SSSR count). The van der Waals surface area contributed by atoms with E-state index in [4.69, 9.17) is 105 Å². The first-order valence-corrected chi connectivity index (χ1v) is 47.0. The lowest BCUT2D eigenvalue weighted by molar-refractivity contribution is -0.138. The molecule has 4 atom stereocenters. The van der Waals surface area contributed by atoms with E-state index < -0.39 is 71.1 Å². The number of aliphatic hydroxyl groups is 4. The summed E-state index contributed by atoms with van der Waals surface area (Å²) in [5.41, 5.74) is 11.2. The number of benzene rings is 12. The molecule has 0 radical (unpaired) electrons. The van der Waals surface area contributed by atoms with Crippen LogP contribution in [-0.2, 0) is 57.2 Å². The number of aliphatic hydroxyl groups excluding tert-OH is 4. The number of methoxy groups -OCH3 is 4. The highest BCUT2D eigenvalue weighted by Gasteiger charge is 2.42. The van der Waals surface area contributed by atoms with Gasteiger partial charge in [-0.05, 0) is 194 Å². The van der Waals surface area contributed by atoms with Crippen LogP contribution in [0.2, 0.25) is 20.1 Å². The number of carbonyl (C=O) groups excluding carboxylic acids is 4. The number of alkyl halides is 6. The number of amides is 4. The van der Waals surface area contributed by atoms with Gasteiger partial charge in [0.15, 0.2) is 0 Å². The van der Waals surface area contributed by atoms with Crippen molar-refractivity contribution in [2.75, 3.05) is 148 Å². The first-order chi connectivity index (χ1) is 68.4. The Bertz CT molecular complexity index is 6570. The van der Waals surface area contributed by atoms with Gasteiger partial charge in [-0.1, -0.05) is 113 Å². The van der Waals surface area contributed by atoms with E-state index in [9.17, 15) is 45.5 Å². The van der Waals surface area contributed by atoms with E-state index in [1.165, 1.54) is 98.6 Å². The molecule has 0 aliphatic carbocycles. The van der Waals surface area contributed by atoms with Gasteiger partial charge in [-0.3, -0.25) is 19.2 Å². The van der Waals surface area contributed by atoms with Crippen LogP contribution in [0.1, 0.15) is 108 Å². The van der Waals surface area contributed by atoms with Crippen molar-refractivity contribution < 1.29 is 113 Å². The predicted molar refractivity (Wildman–Crippen MR) is 537 cm³/mol. The Morgan fingerprint density at radius 2 is 0.629 bits per heavy atom. The molecule has 0 saturated heterocycles. The van der Waals surface area contributed by atoms with Crippen LogP contribution in [0, 0.1) is 46.3 Å². The van der Waals surface area contributed by atoms with E-state index in [2.05, 4.69) is 40.3 Å². The van der Waals surface area contributed by atoms with E-state index in [1.54, 1.807) is 115 Å². The van der Waals surface area contributed by atoms with Crippen LogP contribution in [0.4, 0.5) is 80.6 Å². The fraction of sp³-hybridized carbons (Fsp3) is 0.290. The summed E-state index contributed by atoms with van der Waals surface area (Å²) in [4.78, 5) is 61.8. The van der Waals surface area contributed by atoms with Crippen LogP contribution in [0.15, 0.2) is 212 Å². The normalized spacial score (nSPS) is 13.6. The molecule has 24 nitrogen and oxygen atoms in total. The summed E-state index contributed by atoms with van der Waals surface area (Å²) >= 11 is 24.1. The molecule has 0 saturated carbocycles. The maximum atomic E-state index is 15.1. The van der Waals surface area contributed by atoms with Gasteiger partial charge in [0, 0.05) is 176 Å². The number of rotatable bonds is 32. The topological polar surface area (TPSA) is 284 Å². The van der Waals surface area contributed by atoms with Gasteiger partial charge in [0.1, 0.15) is 108 Å². The van der Waals surface area contributed by atoms with Gasteiger partial charge >= 0.3 is 12.4 Å². The van der Waals surface area contributed by atoms with Crippen LogP contribution in [-0.4, -0.2) is 152 Å². The molecule has 0 fully saturated rings. The Labute approximate surface area is 841 Å². The quantitative estimate of drug-likeness (QED) is 0.0182. The smallest absolute Gasteiger partial charge is 0.416 e. The fourth-order valence-electron chi connectivity index (χ4n) is 17.3. The number of carbonyl (C=O) groups is 4. The monoisotopic (exact) mass is 2050 g/mol. The zero-order valence-corrected chi connectivity index (χ0v) is 82.4. The first-order valence-electron chi connectivity index (χ1n) is 45.5. The molecule has 0 aromatic heterocycles. The number of fused-ring (bicyclic) bond motifs is 4. The lowest BCUT2D eigenvalue weighted by Crippen LogP contribution is -2.37. The highest BCUT2D eigenvalue weighted by atomic mass is 35.5. The highest BCUT2D eigenvalue weighted by Crippen LogP contribution is 2.46. The Morgan fingerprint density at radius 3 is 0.965 bits per heavy atom. The van der Waals surface area contributed by atoms with E-state index in [1.807, 2.05) is 55.1 Å². The second-order valence-electron chi connectivity index (χ2n) is 33.9. The molecule has 36 heteroatoms. The number of ether oxygens (including phenoxy) is 8. The van der Waals surface area contributed by atoms with E-state index in [-0.39, 0.29) is 121 Å². The molecule has 143 heavy (non-hydrogen) atoms. The minimum atomic E-state index is -4.60. The second-order valence-corrected chi connectivity index (χ2v) is 35.6. The first kappa shape index (κ1) is 107. The minimum Gasteiger partial charge on any atom is -0.497 e. The maximum Gasteiger partial charge on any atom is 0.416 e. The fourth-order valence-corrected chi connectivity index (χ4v) is 17.9. The number of halogens is 12. The van der Waals surface area contributed by atoms with Crippen molar-refractivity contribution in [1.29, 1.82) is 0 Å². The number of nitrogens with one attached hydrogen (secondary N) is 4. The summed E-state index contributed by atoms with van der Waals surface area (Å²) in [7, 11) is 6.00. The summed E-state index contributed by atoms with van der Waals surface area (Å²) in [6.07, 6.45) is -6.76. The Hall–Kier alpha value is -13.4. The summed E-state index contributed by atoms with van der Waals surface area (Å²) in [6, 6.07) is 53.3. The molecule has 4 amide bonds. The van der Waals surface area contributed by atoms with E-state index in [0.29, 0.717) is 121 Å². The van der Waals surface area contributed by atoms with Crippen molar-refractivity contribution in [2.24, 2.45) is 0 Å². The molecule has 8 N–H and O–H groups in total. The lowest BCUT2D eigenvalue weighted by atomic mass is 10.0. The predicted octanol–water partition coefficient (Wildman–Crippen LogP) is 21.7. The SMILES string of the molecule is COc1cc(NC(C(=O)N2CCc3c(C)cc(C)cc32)c2ccc(Cl)cc2)cc(OCCO)c1.COc1cc(NC(C(=O)N2CCc3cc(C)c(C(F)(F)F)cc32)c2ccc(Cl)cc2)cc(OCCO)c1.COc1cc(NC(C(=O)N2CCc3cc(C)c(C(F)(F)F)cc32)c2ccc(Cl)cc2F)cc(OCCO)c1.COc1cc(NC(C(=O)N2CCc3ccc(C)cc32)c2ccc(Cl)cc2F)cc(OCCO)c1. The van der Waals surface area contributed by atoms with E-state index >= 15 is 8.78 Å². The number of hydrogen-bond acceptors (Lipinski definition) is 20. The molecule has 12 aromatic carbocycles. The molecule has 754 valence electrons. The molecule has 4 aliphatic rings. The lowest BCUT2D eigenvalue weighted by Gasteiger charge is -2.27. The van der Waals surface area contributed by atoms with Gasteiger partial charge in [0.05, 0.1) is 66.0 Å². The van der Waals surface area contributed by atoms with Crippen LogP contribution in [0.5, 0.6) is 46.0 Å². The van der Waals surface area contributed by atoms with Crippen molar-refractivity contribution in [3.05, 3.63) is 327 Å². The van der Waals surface area contributed by atoms with Gasteiger partial charge in [0.25, 0.3) is 23.6 Å². The third kappa shape index (κ3) is 26.7. The number of hydrogen-bond donors (Lipinski definition) is 8. The second kappa shape index (κ2) is 48.1. The molecule has 4 aliphatic heterocycles. The van der Waals surface area contributed by atoms with Crippen LogP contribution >= 0.6 is 46.4 Å². The molecular formula is C107H106Cl4F8N8O16. The van der Waals surface area contributed by atoms with Crippen molar-refractivity contribution in [1.82, 2.24) is 0 Å². The third-order valence-electron chi connectivity index (χ3n) is 24.0. The highest BCUT2D eigenvalue weighted by molar-refractivity contribution is 6.31. The Kier molecular flexibility index (Phi) is 35.9. The van der Waals surface area contributed by atoms with Gasteiger partial charge in [-0.25, -0.2) is 8.78 Å². The van der Waals surface area contributed by atoms with E-state index in [0.717, 1.165) is 64.7 Å². The molecule has 4 heterocycles. The average molecular weight is 2050 g/mol. The zero-order chi connectivity index (χ0) is 103. The van der Waals surface area contributed by atoms with Gasteiger partial charge in [0.2, 0.25) is 0 Å².